The molecule has 2 rings (SSSR count). The molecule has 16 heavy (non-hydrogen) atoms. The molecular weight excluding hydrogens is 204 g/mol. The van der Waals surface area contributed by atoms with Crippen molar-refractivity contribution in [1.29, 1.82) is 0 Å². The number of hydrogen-bond donors (Lipinski definition) is 0. The summed E-state index contributed by atoms with van der Waals surface area (Å²) < 4.78 is 5.12. The SMILES string of the molecule is O=C1CCCC1C(=O)OCc1ccccc1. The Bertz CT molecular complexity index is 383. The zero-order valence-corrected chi connectivity index (χ0v) is 9.02. The lowest BCUT2D eigenvalue weighted by atomic mass is 10.1. The van der Waals surface area contributed by atoms with E-state index < -0.39 is 5.92 Å². The van der Waals surface area contributed by atoms with Crippen molar-refractivity contribution in [2.24, 2.45) is 5.92 Å². The highest BCUT2D eigenvalue weighted by molar-refractivity contribution is 6.00. The first-order valence-electron chi connectivity index (χ1n) is 5.50. The first kappa shape index (κ1) is 10.9. The van der Waals surface area contributed by atoms with E-state index in [-0.39, 0.29) is 18.4 Å². The van der Waals surface area contributed by atoms with E-state index in [4.69, 9.17) is 4.74 Å². The molecule has 1 aromatic carbocycles. The molecule has 0 aliphatic heterocycles. The second-order valence-electron chi connectivity index (χ2n) is 4.00. The predicted octanol–water partition coefficient (Wildman–Crippen LogP) is 2.10. The summed E-state index contributed by atoms with van der Waals surface area (Å²) >= 11 is 0. The fraction of sp³-hybridized carbons (Fsp3) is 0.385. The van der Waals surface area contributed by atoms with Crippen molar-refractivity contribution >= 4 is 11.8 Å². The first-order chi connectivity index (χ1) is 7.77. The Labute approximate surface area is 94.4 Å². The number of carbonyl (C=O) groups excluding carboxylic acids is 2. The van der Waals surface area contributed by atoms with Gasteiger partial charge in [-0.1, -0.05) is 30.3 Å². The van der Waals surface area contributed by atoms with Crippen LogP contribution in [0.3, 0.4) is 0 Å². The van der Waals surface area contributed by atoms with Gasteiger partial charge in [-0.25, -0.2) is 0 Å². The van der Waals surface area contributed by atoms with Crippen LogP contribution in [0.4, 0.5) is 0 Å². The lowest BCUT2D eigenvalue weighted by Crippen LogP contribution is -2.21. The van der Waals surface area contributed by atoms with E-state index in [0.29, 0.717) is 12.8 Å². The number of Topliss-reactive ketones (excluding diaryl/α,β-unsaturated/α-hetero) is 1. The molecule has 0 saturated heterocycles. The summed E-state index contributed by atoms with van der Waals surface area (Å²) in [4.78, 5) is 22.9. The third-order valence-corrected chi connectivity index (χ3v) is 2.81. The minimum atomic E-state index is -0.510. The van der Waals surface area contributed by atoms with Gasteiger partial charge in [0.2, 0.25) is 0 Å². The van der Waals surface area contributed by atoms with Crippen LogP contribution < -0.4 is 0 Å². The van der Waals surface area contributed by atoms with E-state index in [1.165, 1.54) is 0 Å². The van der Waals surface area contributed by atoms with Crippen LogP contribution in [-0.2, 0) is 20.9 Å². The van der Waals surface area contributed by atoms with E-state index in [1.54, 1.807) is 0 Å². The van der Waals surface area contributed by atoms with Crippen LogP contribution in [0.1, 0.15) is 24.8 Å². The second-order valence-corrected chi connectivity index (χ2v) is 4.00. The number of benzene rings is 1. The number of hydrogen-bond acceptors (Lipinski definition) is 3. The maximum Gasteiger partial charge on any atom is 0.316 e. The quantitative estimate of drug-likeness (QED) is 0.576. The summed E-state index contributed by atoms with van der Waals surface area (Å²) in [5, 5.41) is 0. The summed E-state index contributed by atoms with van der Waals surface area (Å²) in [7, 11) is 0. The monoisotopic (exact) mass is 218 g/mol. The van der Waals surface area contributed by atoms with Crippen LogP contribution in [0.5, 0.6) is 0 Å². The Morgan fingerprint density at radius 3 is 2.69 bits per heavy atom. The normalized spacial score (nSPS) is 19.8. The van der Waals surface area contributed by atoms with Crippen molar-refractivity contribution in [2.75, 3.05) is 0 Å². The van der Waals surface area contributed by atoms with E-state index in [0.717, 1.165) is 12.0 Å². The zero-order chi connectivity index (χ0) is 11.4. The van der Waals surface area contributed by atoms with Crippen LogP contribution in [-0.4, -0.2) is 11.8 Å². The number of carbonyl (C=O) groups is 2. The van der Waals surface area contributed by atoms with Gasteiger partial charge in [0, 0.05) is 6.42 Å². The smallest absolute Gasteiger partial charge is 0.316 e. The summed E-state index contributed by atoms with van der Waals surface area (Å²) in [6.07, 6.45) is 1.97. The lowest BCUT2D eigenvalue weighted by molar-refractivity contribution is -0.152. The van der Waals surface area contributed by atoms with E-state index in [1.807, 2.05) is 30.3 Å². The van der Waals surface area contributed by atoms with Crippen LogP contribution in [0, 0.1) is 5.92 Å². The lowest BCUT2D eigenvalue weighted by Gasteiger charge is -2.08. The Balaban J connectivity index is 1.86. The molecule has 1 atom stereocenters. The molecule has 1 aliphatic rings. The first-order valence-corrected chi connectivity index (χ1v) is 5.50. The molecule has 0 heterocycles. The Kier molecular flexibility index (Phi) is 3.34. The van der Waals surface area contributed by atoms with Crippen molar-refractivity contribution in [2.45, 2.75) is 25.9 Å². The molecule has 1 aliphatic carbocycles. The molecule has 0 bridgehead atoms. The average Bonchev–Trinajstić information content (AvgIpc) is 2.74. The molecule has 3 heteroatoms. The molecule has 3 nitrogen and oxygen atoms in total. The fourth-order valence-electron chi connectivity index (χ4n) is 1.89. The van der Waals surface area contributed by atoms with Gasteiger partial charge in [-0.15, -0.1) is 0 Å². The van der Waals surface area contributed by atoms with E-state index in [9.17, 15) is 9.59 Å². The van der Waals surface area contributed by atoms with Gasteiger partial charge in [-0.2, -0.15) is 0 Å². The van der Waals surface area contributed by atoms with Gasteiger partial charge in [-0.3, -0.25) is 9.59 Å². The third kappa shape index (κ3) is 2.48. The minimum Gasteiger partial charge on any atom is -0.460 e. The molecule has 0 N–H and O–H groups in total. The summed E-state index contributed by atoms with van der Waals surface area (Å²) in [5.41, 5.74) is 0.946. The molecule has 1 unspecified atom stereocenters. The van der Waals surface area contributed by atoms with Crippen molar-refractivity contribution in [3.8, 4) is 0 Å². The van der Waals surface area contributed by atoms with E-state index >= 15 is 0 Å². The highest BCUT2D eigenvalue weighted by atomic mass is 16.5. The molecule has 1 aromatic rings. The summed E-state index contributed by atoms with van der Waals surface area (Å²) in [6.45, 7) is 0.253. The van der Waals surface area contributed by atoms with Crippen molar-refractivity contribution in [3.63, 3.8) is 0 Å². The number of ketones is 1. The van der Waals surface area contributed by atoms with Crippen LogP contribution in [0.25, 0.3) is 0 Å². The third-order valence-electron chi connectivity index (χ3n) is 2.81. The van der Waals surface area contributed by atoms with Gasteiger partial charge in [0.15, 0.2) is 0 Å². The van der Waals surface area contributed by atoms with Gasteiger partial charge in [0.05, 0.1) is 0 Å². The van der Waals surface area contributed by atoms with Gasteiger partial charge in [0.1, 0.15) is 18.3 Å². The number of rotatable bonds is 3. The molecule has 1 fully saturated rings. The highest BCUT2D eigenvalue weighted by Crippen LogP contribution is 2.22. The standard InChI is InChI=1S/C13H14O3/c14-12-8-4-7-11(12)13(15)16-9-10-5-2-1-3-6-10/h1-3,5-6,11H,4,7-9H2. The number of ether oxygens (including phenoxy) is 1. The van der Waals surface area contributed by atoms with Gasteiger partial charge in [0.25, 0.3) is 0 Å². The maximum absolute atomic E-state index is 11.6. The second kappa shape index (κ2) is 4.92. The topological polar surface area (TPSA) is 43.4 Å². The molecule has 0 radical (unpaired) electrons. The maximum atomic E-state index is 11.6. The van der Waals surface area contributed by atoms with Crippen LogP contribution in [0.15, 0.2) is 30.3 Å². The van der Waals surface area contributed by atoms with Crippen LogP contribution >= 0.6 is 0 Å². The minimum absolute atomic E-state index is 0.0260. The Morgan fingerprint density at radius 1 is 1.31 bits per heavy atom. The molecule has 84 valence electrons. The predicted molar refractivity (Wildman–Crippen MR) is 58.6 cm³/mol. The molecule has 0 amide bonds. The number of esters is 1. The molecular formula is C13H14O3. The van der Waals surface area contributed by atoms with Gasteiger partial charge in [-0.05, 0) is 18.4 Å². The molecule has 0 aromatic heterocycles. The largest absolute Gasteiger partial charge is 0.460 e. The molecule has 1 saturated carbocycles. The molecule has 0 spiro atoms. The Morgan fingerprint density at radius 2 is 2.06 bits per heavy atom. The highest BCUT2D eigenvalue weighted by Gasteiger charge is 2.32. The van der Waals surface area contributed by atoms with Crippen molar-refractivity contribution in [1.82, 2.24) is 0 Å². The van der Waals surface area contributed by atoms with Crippen molar-refractivity contribution < 1.29 is 14.3 Å². The van der Waals surface area contributed by atoms with Crippen LogP contribution in [0.2, 0.25) is 0 Å². The van der Waals surface area contributed by atoms with E-state index in [2.05, 4.69) is 0 Å². The van der Waals surface area contributed by atoms with Gasteiger partial charge >= 0.3 is 5.97 Å². The fourth-order valence-corrected chi connectivity index (χ4v) is 1.89. The van der Waals surface area contributed by atoms with Gasteiger partial charge < -0.3 is 4.74 Å². The summed E-state index contributed by atoms with van der Waals surface area (Å²) in [6, 6.07) is 9.48. The Hall–Kier alpha value is -1.64. The van der Waals surface area contributed by atoms with Crippen molar-refractivity contribution in [3.05, 3.63) is 35.9 Å². The summed E-state index contributed by atoms with van der Waals surface area (Å²) in [5.74, 6) is -0.854. The average molecular weight is 218 g/mol. The zero-order valence-electron chi connectivity index (χ0n) is 9.02.